The third-order valence-corrected chi connectivity index (χ3v) is 3.96. The molecule has 1 aliphatic rings. The van der Waals surface area contributed by atoms with Crippen LogP contribution in [0.5, 0.6) is 5.75 Å². The van der Waals surface area contributed by atoms with E-state index in [2.05, 4.69) is 31.3 Å². The summed E-state index contributed by atoms with van der Waals surface area (Å²) in [6.45, 7) is 7.14. The Kier molecular flexibility index (Phi) is 5.06. The zero-order chi connectivity index (χ0) is 14.6. The Bertz CT molecular complexity index is 410. The predicted octanol–water partition coefficient (Wildman–Crippen LogP) is 3.08. The molecule has 3 heteroatoms. The number of hydrogen-bond donors (Lipinski definition) is 2. The molecular formula is C17H27NO2. The maximum Gasteiger partial charge on any atom is 0.119 e. The summed E-state index contributed by atoms with van der Waals surface area (Å²) in [4.78, 5) is 0. The summed E-state index contributed by atoms with van der Waals surface area (Å²) in [6.07, 6.45) is 3.60. The highest BCUT2D eigenvalue weighted by Crippen LogP contribution is 2.22. The molecule has 0 heterocycles. The van der Waals surface area contributed by atoms with E-state index in [1.807, 2.05) is 19.1 Å². The number of rotatable bonds is 8. The molecular weight excluding hydrogens is 250 g/mol. The van der Waals surface area contributed by atoms with Crippen LogP contribution in [0.2, 0.25) is 0 Å². The molecule has 2 N–H and O–H groups in total. The van der Waals surface area contributed by atoms with Crippen molar-refractivity contribution in [3.05, 3.63) is 29.8 Å². The van der Waals surface area contributed by atoms with Gasteiger partial charge in [0.25, 0.3) is 0 Å². The molecule has 0 radical (unpaired) electrons. The molecule has 1 aromatic rings. The van der Waals surface area contributed by atoms with E-state index < -0.39 is 5.60 Å². The van der Waals surface area contributed by atoms with E-state index in [0.717, 1.165) is 12.2 Å². The van der Waals surface area contributed by atoms with Crippen LogP contribution in [0.4, 0.5) is 0 Å². The molecule has 1 aromatic carbocycles. The Morgan fingerprint density at radius 2 is 2.00 bits per heavy atom. The molecule has 0 aromatic heterocycles. The lowest BCUT2D eigenvalue weighted by Crippen LogP contribution is -2.43. The van der Waals surface area contributed by atoms with E-state index in [1.165, 1.54) is 18.4 Å². The molecule has 0 amide bonds. The van der Waals surface area contributed by atoms with Gasteiger partial charge >= 0.3 is 0 Å². The first-order chi connectivity index (χ1) is 9.50. The SMILES string of the molecule is CCC(C)c1ccc(OCC(C)(O)CNC2CC2)cc1. The lowest BCUT2D eigenvalue weighted by molar-refractivity contribution is 0.0120. The highest BCUT2D eigenvalue weighted by molar-refractivity contribution is 5.29. The Morgan fingerprint density at radius 1 is 1.35 bits per heavy atom. The van der Waals surface area contributed by atoms with Crippen molar-refractivity contribution in [2.24, 2.45) is 0 Å². The summed E-state index contributed by atoms with van der Waals surface area (Å²) in [5.74, 6) is 1.40. The summed E-state index contributed by atoms with van der Waals surface area (Å²) in [5, 5.41) is 13.6. The fraction of sp³-hybridized carbons (Fsp3) is 0.647. The molecule has 0 bridgehead atoms. The number of benzene rings is 1. The minimum Gasteiger partial charge on any atom is -0.491 e. The molecule has 0 spiro atoms. The molecule has 0 aliphatic heterocycles. The maximum absolute atomic E-state index is 10.2. The molecule has 2 unspecified atom stereocenters. The van der Waals surface area contributed by atoms with Gasteiger partial charge < -0.3 is 15.2 Å². The van der Waals surface area contributed by atoms with Gasteiger partial charge in [-0.1, -0.05) is 26.0 Å². The van der Waals surface area contributed by atoms with Gasteiger partial charge in [0.1, 0.15) is 18.0 Å². The largest absolute Gasteiger partial charge is 0.491 e. The van der Waals surface area contributed by atoms with E-state index in [4.69, 9.17) is 4.74 Å². The van der Waals surface area contributed by atoms with E-state index in [0.29, 0.717) is 25.1 Å². The topological polar surface area (TPSA) is 41.5 Å². The summed E-state index contributed by atoms with van der Waals surface area (Å²) < 4.78 is 5.70. The molecule has 112 valence electrons. The second kappa shape index (κ2) is 6.59. The normalized spacial score (nSPS) is 19.4. The number of hydrogen-bond acceptors (Lipinski definition) is 3. The first kappa shape index (κ1) is 15.3. The van der Waals surface area contributed by atoms with Gasteiger partial charge in [-0.15, -0.1) is 0 Å². The number of ether oxygens (including phenoxy) is 1. The quantitative estimate of drug-likeness (QED) is 0.767. The summed E-state index contributed by atoms with van der Waals surface area (Å²) in [7, 11) is 0. The second-order valence-electron chi connectivity index (χ2n) is 6.32. The van der Waals surface area contributed by atoms with Gasteiger partial charge in [-0.2, -0.15) is 0 Å². The van der Waals surface area contributed by atoms with Crippen molar-refractivity contribution in [2.45, 2.75) is 57.6 Å². The molecule has 1 fully saturated rings. The third kappa shape index (κ3) is 4.80. The fourth-order valence-corrected chi connectivity index (χ4v) is 2.07. The zero-order valence-corrected chi connectivity index (χ0v) is 12.9. The molecule has 1 aliphatic carbocycles. The Hall–Kier alpha value is -1.06. The monoisotopic (exact) mass is 277 g/mol. The van der Waals surface area contributed by atoms with Crippen molar-refractivity contribution in [1.29, 1.82) is 0 Å². The predicted molar refractivity (Wildman–Crippen MR) is 82.3 cm³/mol. The van der Waals surface area contributed by atoms with Crippen molar-refractivity contribution in [1.82, 2.24) is 5.32 Å². The Balaban J connectivity index is 1.80. The van der Waals surface area contributed by atoms with Crippen molar-refractivity contribution < 1.29 is 9.84 Å². The average Bonchev–Trinajstić information content (AvgIpc) is 3.27. The van der Waals surface area contributed by atoms with E-state index in [-0.39, 0.29) is 0 Å². The molecule has 2 rings (SSSR count). The Labute approximate surface area is 122 Å². The van der Waals surface area contributed by atoms with Gasteiger partial charge in [0.15, 0.2) is 0 Å². The standard InChI is InChI=1S/C17H27NO2/c1-4-13(2)14-5-9-16(10-6-14)20-12-17(3,19)11-18-15-7-8-15/h5-6,9-10,13,15,18-19H,4,7-8,11-12H2,1-3H3. The van der Waals surface area contributed by atoms with Crippen LogP contribution < -0.4 is 10.1 Å². The molecule has 1 saturated carbocycles. The van der Waals surface area contributed by atoms with Gasteiger partial charge in [0, 0.05) is 12.6 Å². The Morgan fingerprint density at radius 3 is 2.55 bits per heavy atom. The lowest BCUT2D eigenvalue weighted by Gasteiger charge is -2.24. The van der Waals surface area contributed by atoms with Gasteiger partial charge in [-0.05, 0) is 49.8 Å². The zero-order valence-electron chi connectivity index (χ0n) is 12.9. The van der Waals surface area contributed by atoms with Crippen LogP contribution >= 0.6 is 0 Å². The van der Waals surface area contributed by atoms with E-state index in [1.54, 1.807) is 0 Å². The van der Waals surface area contributed by atoms with Crippen LogP contribution in [0.1, 0.15) is 51.5 Å². The molecule has 3 nitrogen and oxygen atoms in total. The number of aliphatic hydroxyl groups is 1. The van der Waals surface area contributed by atoms with Crippen molar-refractivity contribution in [2.75, 3.05) is 13.2 Å². The maximum atomic E-state index is 10.2. The lowest BCUT2D eigenvalue weighted by atomic mass is 9.99. The van der Waals surface area contributed by atoms with Crippen LogP contribution in [0.3, 0.4) is 0 Å². The minimum absolute atomic E-state index is 0.315. The van der Waals surface area contributed by atoms with Crippen LogP contribution in [-0.4, -0.2) is 29.9 Å². The fourth-order valence-electron chi connectivity index (χ4n) is 2.07. The first-order valence-electron chi connectivity index (χ1n) is 7.68. The average molecular weight is 277 g/mol. The second-order valence-corrected chi connectivity index (χ2v) is 6.32. The highest BCUT2D eigenvalue weighted by Gasteiger charge is 2.27. The van der Waals surface area contributed by atoms with E-state index >= 15 is 0 Å². The number of nitrogens with one attached hydrogen (secondary N) is 1. The van der Waals surface area contributed by atoms with Gasteiger partial charge in [-0.3, -0.25) is 0 Å². The minimum atomic E-state index is -0.821. The van der Waals surface area contributed by atoms with Gasteiger partial charge in [0.2, 0.25) is 0 Å². The molecule has 2 atom stereocenters. The van der Waals surface area contributed by atoms with Gasteiger partial charge in [-0.25, -0.2) is 0 Å². The van der Waals surface area contributed by atoms with Crippen LogP contribution in [0, 0.1) is 0 Å². The third-order valence-electron chi connectivity index (χ3n) is 3.96. The molecule has 20 heavy (non-hydrogen) atoms. The van der Waals surface area contributed by atoms with Crippen LogP contribution in [-0.2, 0) is 0 Å². The van der Waals surface area contributed by atoms with Crippen molar-refractivity contribution in [3.63, 3.8) is 0 Å². The summed E-state index contributed by atoms with van der Waals surface area (Å²) in [5.41, 5.74) is 0.514. The smallest absolute Gasteiger partial charge is 0.119 e. The summed E-state index contributed by atoms with van der Waals surface area (Å²) >= 11 is 0. The van der Waals surface area contributed by atoms with Crippen LogP contribution in [0.25, 0.3) is 0 Å². The summed E-state index contributed by atoms with van der Waals surface area (Å²) in [6, 6.07) is 8.82. The van der Waals surface area contributed by atoms with E-state index in [9.17, 15) is 5.11 Å². The first-order valence-corrected chi connectivity index (χ1v) is 7.68. The van der Waals surface area contributed by atoms with Gasteiger partial charge in [0.05, 0.1) is 0 Å². The highest BCUT2D eigenvalue weighted by atomic mass is 16.5. The van der Waals surface area contributed by atoms with Crippen molar-refractivity contribution >= 4 is 0 Å². The van der Waals surface area contributed by atoms with Crippen LogP contribution in [0.15, 0.2) is 24.3 Å². The van der Waals surface area contributed by atoms with Crippen molar-refractivity contribution in [3.8, 4) is 5.75 Å². The molecule has 0 saturated heterocycles.